The first kappa shape index (κ1) is 23.5. The average molecular weight is 432 g/mol. The molecule has 7 heteroatoms. The average Bonchev–Trinajstić information content (AvgIpc) is 3.60. The van der Waals surface area contributed by atoms with E-state index in [1.807, 2.05) is 6.07 Å². The Morgan fingerprint density at radius 2 is 2.00 bits per heavy atom. The molecule has 1 aliphatic heterocycles. The number of rotatable bonds is 5. The van der Waals surface area contributed by atoms with E-state index < -0.39 is 0 Å². The van der Waals surface area contributed by atoms with Gasteiger partial charge in [-0.1, -0.05) is 13.8 Å². The van der Waals surface area contributed by atoms with Gasteiger partial charge in [-0.3, -0.25) is 14.5 Å². The van der Waals surface area contributed by atoms with Crippen molar-refractivity contribution in [1.29, 1.82) is 0 Å². The van der Waals surface area contributed by atoms with Crippen molar-refractivity contribution in [2.24, 2.45) is 11.8 Å². The van der Waals surface area contributed by atoms with Crippen LogP contribution < -0.4 is 10.1 Å². The van der Waals surface area contributed by atoms with E-state index >= 15 is 0 Å². The van der Waals surface area contributed by atoms with Crippen molar-refractivity contribution in [3.8, 4) is 5.75 Å². The molecule has 0 saturated heterocycles. The second-order valence-corrected chi connectivity index (χ2v) is 9.07. The van der Waals surface area contributed by atoms with Crippen molar-refractivity contribution in [3.63, 3.8) is 0 Å². The first-order valence-electron chi connectivity index (χ1n) is 11.4. The molecule has 2 aliphatic rings. The van der Waals surface area contributed by atoms with Crippen molar-refractivity contribution >= 4 is 17.5 Å². The van der Waals surface area contributed by atoms with Gasteiger partial charge < -0.3 is 19.7 Å². The third kappa shape index (κ3) is 5.98. The Hall–Kier alpha value is -2.12. The van der Waals surface area contributed by atoms with Crippen LogP contribution in [0.25, 0.3) is 0 Å². The number of carbonyl (C=O) groups is 2. The molecule has 1 fully saturated rings. The predicted molar refractivity (Wildman–Crippen MR) is 122 cm³/mol. The smallest absolute Gasteiger partial charge is 0.257 e. The Balaban J connectivity index is 1.90. The Labute approximate surface area is 186 Å². The van der Waals surface area contributed by atoms with E-state index in [1.165, 1.54) is 0 Å². The van der Waals surface area contributed by atoms with E-state index in [1.54, 1.807) is 31.2 Å². The van der Waals surface area contributed by atoms with E-state index in [-0.39, 0.29) is 35.8 Å². The van der Waals surface area contributed by atoms with Crippen LogP contribution in [0, 0.1) is 11.8 Å². The number of hydrogen-bond donors (Lipinski definition) is 1. The number of nitrogens with one attached hydrogen (secondary N) is 1. The van der Waals surface area contributed by atoms with Crippen LogP contribution in [-0.2, 0) is 9.53 Å². The fraction of sp³-hybridized carbons (Fsp3) is 0.667. The Bertz CT molecular complexity index is 780. The Morgan fingerprint density at radius 3 is 2.65 bits per heavy atom. The van der Waals surface area contributed by atoms with Gasteiger partial charge in [-0.25, -0.2) is 0 Å². The highest BCUT2D eigenvalue weighted by atomic mass is 16.5. The minimum atomic E-state index is -0.134. The molecule has 1 aromatic carbocycles. The lowest BCUT2D eigenvalue weighted by Crippen LogP contribution is -2.46. The van der Waals surface area contributed by atoms with Crippen LogP contribution in [0.2, 0.25) is 0 Å². The van der Waals surface area contributed by atoms with Gasteiger partial charge in [0.25, 0.3) is 5.91 Å². The first-order chi connectivity index (χ1) is 14.8. The molecule has 1 aromatic rings. The van der Waals surface area contributed by atoms with Crippen LogP contribution in [0.1, 0.15) is 50.4 Å². The predicted octanol–water partition coefficient (Wildman–Crippen LogP) is 3.25. The van der Waals surface area contributed by atoms with Crippen LogP contribution in [0.4, 0.5) is 5.69 Å². The van der Waals surface area contributed by atoms with Gasteiger partial charge in [0.1, 0.15) is 12.4 Å². The van der Waals surface area contributed by atoms with Gasteiger partial charge in [0.15, 0.2) is 0 Å². The standard InChI is InChI=1S/C24H37N3O4/c1-6-11-27-13-16(2)22(30-5)14-26(4)24(29)20-12-19(25-23(28)18-7-8-18)9-10-21(20)31-15-17(27)3/h9-10,12,16-18,22H,6-8,11,13-15H2,1-5H3,(H,25,28)/t16-,17-,22-/m1/s1. The lowest BCUT2D eigenvalue weighted by Gasteiger charge is -2.35. The molecule has 1 saturated carbocycles. The lowest BCUT2D eigenvalue weighted by atomic mass is 10.0. The third-order valence-electron chi connectivity index (χ3n) is 6.30. The molecule has 2 amide bonds. The molecular formula is C24H37N3O4. The molecule has 0 bridgehead atoms. The van der Waals surface area contributed by atoms with E-state index in [0.717, 1.165) is 32.4 Å². The summed E-state index contributed by atoms with van der Waals surface area (Å²) in [6.45, 7) is 9.37. The molecule has 3 rings (SSSR count). The van der Waals surface area contributed by atoms with E-state index in [2.05, 4.69) is 31.0 Å². The fourth-order valence-electron chi connectivity index (χ4n) is 4.12. The number of ether oxygens (including phenoxy) is 2. The number of nitrogens with zero attached hydrogens (tertiary/aromatic N) is 2. The van der Waals surface area contributed by atoms with Gasteiger partial charge >= 0.3 is 0 Å². The molecule has 0 radical (unpaired) electrons. The van der Waals surface area contributed by atoms with Gasteiger partial charge in [0.05, 0.1) is 11.7 Å². The SMILES string of the molecule is CCCN1C[C@@H](C)[C@H](OC)CN(C)C(=O)c2cc(NC(=O)C3CC3)ccc2OC[C@H]1C. The number of likely N-dealkylation sites (N-methyl/N-ethyl adjacent to an activating group) is 1. The molecule has 7 nitrogen and oxygen atoms in total. The zero-order chi connectivity index (χ0) is 22.5. The van der Waals surface area contributed by atoms with E-state index in [0.29, 0.717) is 30.2 Å². The number of hydrogen-bond acceptors (Lipinski definition) is 5. The highest BCUT2D eigenvalue weighted by Crippen LogP contribution is 2.31. The molecule has 1 aliphatic carbocycles. The summed E-state index contributed by atoms with van der Waals surface area (Å²) in [5, 5.41) is 2.94. The summed E-state index contributed by atoms with van der Waals surface area (Å²) in [6.07, 6.45) is 2.87. The summed E-state index contributed by atoms with van der Waals surface area (Å²) in [5.41, 5.74) is 1.10. The second-order valence-electron chi connectivity index (χ2n) is 9.07. The summed E-state index contributed by atoms with van der Waals surface area (Å²) in [7, 11) is 3.50. The van der Waals surface area contributed by atoms with E-state index in [4.69, 9.17) is 9.47 Å². The molecule has 0 spiro atoms. The lowest BCUT2D eigenvalue weighted by molar-refractivity contribution is -0.117. The number of anilines is 1. The van der Waals surface area contributed by atoms with E-state index in [9.17, 15) is 9.59 Å². The molecule has 0 aromatic heterocycles. The summed E-state index contributed by atoms with van der Waals surface area (Å²) in [4.78, 5) is 29.6. The first-order valence-corrected chi connectivity index (χ1v) is 11.4. The highest BCUT2D eigenvalue weighted by Gasteiger charge is 2.31. The van der Waals surface area contributed by atoms with Gasteiger partial charge in [-0.15, -0.1) is 0 Å². The van der Waals surface area contributed by atoms with Crippen LogP contribution >= 0.6 is 0 Å². The molecule has 0 unspecified atom stereocenters. The normalized spacial score (nSPS) is 25.8. The fourth-order valence-corrected chi connectivity index (χ4v) is 4.12. The maximum atomic E-state index is 13.3. The van der Waals surface area contributed by atoms with Gasteiger partial charge in [0.2, 0.25) is 5.91 Å². The summed E-state index contributed by atoms with van der Waals surface area (Å²) in [5.74, 6) is 0.798. The Morgan fingerprint density at radius 1 is 1.26 bits per heavy atom. The zero-order valence-corrected chi connectivity index (χ0v) is 19.5. The largest absolute Gasteiger partial charge is 0.491 e. The molecule has 31 heavy (non-hydrogen) atoms. The second kappa shape index (κ2) is 10.5. The number of benzene rings is 1. The molecule has 1 N–H and O–H groups in total. The van der Waals surface area contributed by atoms with Crippen LogP contribution in [-0.4, -0.2) is 74.2 Å². The zero-order valence-electron chi connectivity index (χ0n) is 19.5. The Kier molecular flexibility index (Phi) is 7.94. The minimum Gasteiger partial charge on any atom is -0.491 e. The third-order valence-corrected chi connectivity index (χ3v) is 6.30. The van der Waals surface area contributed by atoms with Crippen LogP contribution in [0.3, 0.4) is 0 Å². The molecule has 3 atom stereocenters. The van der Waals surface area contributed by atoms with Crippen molar-refractivity contribution in [1.82, 2.24) is 9.80 Å². The number of amides is 2. The minimum absolute atomic E-state index is 0.0203. The number of carbonyl (C=O) groups excluding carboxylic acids is 2. The monoisotopic (exact) mass is 431 g/mol. The summed E-state index contributed by atoms with van der Waals surface area (Å²) in [6, 6.07) is 5.55. The summed E-state index contributed by atoms with van der Waals surface area (Å²) >= 11 is 0. The molecule has 1 heterocycles. The van der Waals surface area contributed by atoms with Crippen LogP contribution in [0.15, 0.2) is 18.2 Å². The van der Waals surface area contributed by atoms with Crippen molar-refractivity contribution in [2.75, 3.05) is 45.7 Å². The molecular weight excluding hydrogens is 394 g/mol. The molecule has 172 valence electrons. The number of methoxy groups -OCH3 is 1. The van der Waals surface area contributed by atoms with Gasteiger partial charge in [-0.05, 0) is 56.8 Å². The maximum absolute atomic E-state index is 13.3. The van der Waals surface area contributed by atoms with Gasteiger partial charge in [-0.2, -0.15) is 0 Å². The maximum Gasteiger partial charge on any atom is 0.257 e. The topological polar surface area (TPSA) is 71.1 Å². The van der Waals surface area contributed by atoms with Crippen molar-refractivity contribution < 1.29 is 19.1 Å². The van der Waals surface area contributed by atoms with Crippen molar-refractivity contribution in [2.45, 2.75) is 52.2 Å². The number of fused-ring (bicyclic) bond motifs is 1. The quantitative estimate of drug-likeness (QED) is 0.775. The highest BCUT2D eigenvalue weighted by molar-refractivity contribution is 6.00. The van der Waals surface area contributed by atoms with Crippen molar-refractivity contribution in [3.05, 3.63) is 23.8 Å². The van der Waals surface area contributed by atoms with Crippen LogP contribution in [0.5, 0.6) is 5.75 Å². The summed E-state index contributed by atoms with van der Waals surface area (Å²) < 4.78 is 11.9. The van der Waals surface area contributed by atoms with Gasteiger partial charge in [0, 0.05) is 44.9 Å².